The third kappa shape index (κ3) is 5.19. The van der Waals surface area contributed by atoms with Gasteiger partial charge in [0.1, 0.15) is 11.5 Å². The zero-order chi connectivity index (χ0) is 17.3. The molecule has 0 aliphatic carbocycles. The van der Waals surface area contributed by atoms with Crippen molar-refractivity contribution in [3.63, 3.8) is 0 Å². The van der Waals surface area contributed by atoms with Gasteiger partial charge in [-0.1, -0.05) is 66.7 Å². The summed E-state index contributed by atoms with van der Waals surface area (Å²) in [6, 6.07) is 25.9. The first-order valence-corrected chi connectivity index (χ1v) is 7.95. The molecule has 0 aromatic heterocycles. The number of hydrogen-bond acceptors (Lipinski definition) is 4. The molecule has 25 heavy (non-hydrogen) atoms. The lowest BCUT2D eigenvalue weighted by Gasteiger charge is -2.10. The maximum atomic E-state index is 11.9. The summed E-state index contributed by atoms with van der Waals surface area (Å²) in [6.45, 7) is 0.827. The Hall–Kier alpha value is -3.11. The molecule has 0 aliphatic rings. The van der Waals surface area contributed by atoms with Gasteiger partial charge in [0.15, 0.2) is 0 Å². The summed E-state index contributed by atoms with van der Waals surface area (Å²) in [5, 5.41) is 0. The standard InChI is InChI=1S/C21H18O4/c22-21(24-19-12-5-2-6-13-19)25-20-14-8-7-11-18(20)16-23-15-17-9-3-1-4-10-17/h1-14H,15-16H2. The number of hydrogen-bond donors (Lipinski definition) is 0. The lowest BCUT2D eigenvalue weighted by molar-refractivity contribution is 0.104. The Balaban J connectivity index is 1.57. The number of carbonyl (C=O) groups is 1. The molecule has 0 saturated carbocycles. The first-order valence-electron chi connectivity index (χ1n) is 7.95. The topological polar surface area (TPSA) is 44.8 Å². The van der Waals surface area contributed by atoms with Gasteiger partial charge in [-0.2, -0.15) is 0 Å². The van der Waals surface area contributed by atoms with Crippen LogP contribution >= 0.6 is 0 Å². The number of carbonyl (C=O) groups excluding carboxylic acids is 1. The van der Waals surface area contributed by atoms with Gasteiger partial charge in [-0.25, -0.2) is 4.79 Å². The van der Waals surface area contributed by atoms with Crippen LogP contribution in [0.15, 0.2) is 84.9 Å². The average Bonchev–Trinajstić information content (AvgIpc) is 2.65. The van der Waals surface area contributed by atoms with Gasteiger partial charge in [0.05, 0.1) is 13.2 Å². The Kier molecular flexibility index (Phi) is 5.80. The Morgan fingerprint density at radius 1 is 0.680 bits per heavy atom. The maximum absolute atomic E-state index is 11.9. The van der Waals surface area contributed by atoms with E-state index in [0.717, 1.165) is 11.1 Å². The third-order valence-corrected chi connectivity index (χ3v) is 3.48. The van der Waals surface area contributed by atoms with Crippen LogP contribution in [0, 0.1) is 0 Å². The summed E-state index contributed by atoms with van der Waals surface area (Å²) in [4.78, 5) is 11.9. The zero-order valence-corrected chi connectivity index (χ0v) is 13.6. The summed E-state index contributed by atoms with van der Waals surface area (Å²) in [5.41, 5.74) is 1.87. The molecule has 0 bridgehead atoms. The predicted octanol–water partition coefficient (Wildman–Crippen LogP) is 4.98. The minimum absolute atomic E-state index is 0.337. The smallest absolute Gasteiger partial charge is 0.395 e. The fourth-order valence-corrected chi connectivity index (χ4v) is 2.27. The summed E-state index contributed by atoms with van der Waals surface area (Å²) in [5.74, 6) is 0.863. The monoisotopic (exact) mass is 334 g/mol. The molecule has 0 saturated heterocycles. The number of rotatable bonds is 6. The van der Waals surface area contributed by atoms with Crippen molar-refractivity contribution in [1.82, 2.24) is 0 Å². The van der Waals surface area contributed by atoms with Crippen molar-refractivity contribution in [2.24, 2.45) is 0 Å². The van der Waals surface area contributed by atoms with E-state index in [2.05, 4.69) is 0 Å². The molecule has 4 nitrogen and oxygen atoms in total. The van der Waals surface area contributed by atoms with Crippen LogP contribution in [0.4, 0.5) is 4.79 Å². The first-order chi connectivity index (χ1) is 12.3. The molecule has 0 aliphatic heterocycles. The molecule has 3 rings (SSSR count). The Morgan fingerprint density at radius 3 is 2.08 bits per heavy atom. The third-order valence-electron chi connectivity index (χ3n) is 3.48. The molecule has 0 N–H and O–H groups in total. The highest BCUT2D eigenvalue weighted by atomic mass is 16.7. The second-order valence-electron chi connectivity index (χ2n) is 5.35. The summed E-state index contributed by atoms with van der Waals surface area (Å²) in [7, 11) is 0. The van der Waals surface area contributed by atoms with Crippen LogP contribution in [0.3, 0.4) is 0 Å². The van der Waals surface area contributed by atoms with E-state index in [-0.39, 0.29) is 0 Å². The molecule has 4 heteroatoms. The van der Waals surface area contributed by atoms with E-state index in [1.54, 1.807) is 36.4 Å². The van der Waals surface area contributed by atoms with E-state index in [1.165, 1.54) is 0 Å². The number of benzene rings is 3. The molecule has 0 amide bonds. The van der Waals surface area contributed by atoms with Crippen molar-refractivity contribution in [2.45, 2.75) is 13.2 Å². The van der Waals surface area contributed by atoms with E-state index in [9.17, 15) is 4.79 Å². The van der Waals surface area contributed by atoms with Crippen LogP contribution in [0.2, 0.25) is 0 Å². The molecule has 3 aromatic rings. The van der Waals surface area contributed by atoms with Gasteiger partial charge < -0.3 is 14.2 Å². The molecule has 0 spiro atoms. The van der Waals surface area contributed by atoms with Gasteiger partial charge >= 0.3 is 6.16 Å². The maximum Gasteiger partial charge on any atom is 0.519 e. The molecule has 0 fully saturated rings. The Labute approximate surface area is 146 Å². The SMILES string of the molecule is O=C(Oc1ccccc1)Oc1ccccc1COCc1ccccc1. The van der Waals surface area contributed by atoms with Gasteiger partial charge in [0.2, 0.25) is 0 Å². The lowest BCUT2D eigenvalue weighted by Crippen LogP contribution is -2.14. The van der Waals surface area contributed by atoms with Crippen LogP contribution < -0.4 is 9.47 Å². The van der Waals surface area contributed by atoms with Crippen LogP contribution in [0.5, 0.6) is 11.5 Å². The predicted molar refractivity (Wildman–Crippen MR) is 94.5 cm³/mol. The van der Waals surface area contributed by atoms with Gasteiger partial charge in [-0.15, -0.1) is 0 Å². The van der Waals surface area contributed by atoms with Crippen molar-refractivity contribution in [3.8, 4) is 11.5 Å². The van der Waals surface area contributed by atoms with E-state index in [1.807, 2.05) is 48.5 Å². The summed E-state index contributed by atoms with van der Waals surface area (Å²) >= 11 is 0. The van der Waals surface area contributed by atoms with Gasteiger partial charge in [0.25, 0.3) is 0 Å². The van der Waals surface area contributed by atoms with E-state index < -0.39 is 6.16 Å². The fourth-order valence-electron chi connectivity index (χ4n) is 2.27. The highest BCUT2D eigenvalue weighted by Crippen LogP contribution is 2.20. The Bertz CT molecular complexity index is 800. The second kappa shape index (κ2) is 8.66. The van der Waals surface area contributed by atoms with E-state index in [4.69, 9.17) is 14.2 Å². The van der Waals surface area contributed by atoms with E-state index >= 15 is 0 Å². The van der Waals surface area contributed by atoms with Crippen LogP contribution in [0.25, 0.3) is 0 Å². The van der Waals surface area contributed by atoms with Gasteiger partial charge in [-0.3, -0.25) is 0 Å². The zero-order valence-electron chi connectivity index (χ0n) is 13.6. The van der Waals surface area contributed by atoms with E-state index in [0.29, 0.717) is 24.7 Å². The molecule has 3 aromatic carbocycles. The molecule has 126 valence electrons. The van der Waals surface area contributed by atoms with Crippen LogP contribution in [-0.2, 0) is 18.0 Å². The lowest BCUT2D eigenvalue weighted by atomic mass is 10.2. The summed E-state index contributed by atoms with van der Waals surface area (Å²) in [6.07, 6.45) is -0.776. The highest BCUT2D eigenvalue weighted by Gasteiger charge is 2.11. The largest absolute Gasteiger partial charge is 0.519 e. The van der Waals surface area contributed by atoms with Crippen LogP contribution in [0.1, 0.15) is 11.1 Å². The van der Waals surface area contributed by atoms with Gasteiger partial charge in [0, 0.05) is 5.56 Å². The summed E-state index contributed by atoms with van der Waals surface area (Å²) < 4.78 is 16.2. The molecule has 0 radical (unpaired) electrons. The van der Waals surface area contributed by atoms with Crippen molar-refractivity contribution in [1.29, 1.82) is 0 Å². The quantitative estimate of drug-likeness (QED) is 0.471. The van der Waals surface area contributed by atoms with Crippen molar-refractivity contribution < 1.29 is 19.0 Å². The molecule has 0 unspecified atom stereocenters. The normalized spacial score (nSPS) is 10.2. The molecular formula is C21H18O4. The molecule has 0 atom stereocenters. The average molecular weight is 334 g/mol. The van der Waals surface area contributed by atoms with Gasteiger partial charge in [-0.05, 0) is 23.8 Å². The van der Waals surface area contributed by atoms with Crippen molar-refractivity contribution >= 4 is 6.16 Å². The Morgan fingerprint density at radius 2 is 1.32 bits per heavy atom. The second-order valence-corrected chi connectivity index (χ2v) is 5.35. The van der Waals surface area contributed by atoms with Crippen LogP contribution in [-0.4, -0.2) is 6.16 Å². The molecule has 0 heterocycles. The highest BCUT2D eigenvalue weighted by molar-refractivity contribution is 5.67. The molecular weight excluding hydrogens is 316 g/mol. The first kappa shape index (κ1) is 16.7. The fraction of sp³-hybridized carbons (Fsp3) is 0.0952. The minimum atomic E-state index is -0.776. The number of para-hydroxylation sites is 2. The van der Waals surface area contributed by atoms with Crippen molar-refractivity contribution in [3.05, 3.63) is 96.1 Å². The van der Waals surface area contributed by atoms with Crippen molar-refractivity contribution in [2.75, 3.05) is 0 Å². The minimum Gasteiger partial charge on any atom is -0.395 e. The number of ether oxygens (including phenoxy) is 3.